The highest BCUT2D eigenvalue weighted by atomic mass is 32.1. The van der Waals surface area contributed by atoms with Crippen LogP contribution in [0.2, 0.25) is 0 Å². The van der Waals surface area contributed by atoms with E-state index in [2.05, 4.69) is 15.4 Å². The molecule has 0 radical (unpaired) electrons. The van der Waals surface area contributed by atoms with Gasteiger partial charge in [0, 0.05) is 18.7 Å². The van der Waals surface area contributed by atoms with Crippen molar-refractivity contribution in [1.82, 2.24) is 19.9 Å². The summed E-state index contributed by atoms with van der Waals surface area (Å²) in [6.07, 6.45) is 1.53. The van der Waals surface area contributed by atoms with Crippen LogP contribution >= 0.6 is 11.3 Å². The second kappa shape index (κ2) is 7.92. The molecule has 1 aromatic carbocycles. The van der Waals surface area contributed by atoms with Crippen LogP contribution in [0.1, 0.15) is 23.2 Å². The minimum absolute atomic E-state index is 0.0148. The van der Waals surface area contributed by atoms with Crippen molar-refractivity contribution in [2.75, 3.05) is 0 Å². The molecule has 2 heterocycles. The van der Waals surface area contributed by atoms with Crippen molar-refractivity contribution in [2.45, 2.75) is 20.5 Å². The van der Waals surface area contributed by atoms with E-state index in [1.165, 1.54) is 19.1 Å². The third kappa shape index (κ3) is 4.64. The van der Waals surface area contributed by atoms with Gasteiger partial charge in [0.2, 0.25) is 10.9 Å². The molecule has 2 aromatic heterocycles. The summed E-state index contributed by atoms with van der Waals surface area (Å²) in [6, 6.07) is 10.4. The summed E-state index contributed by atoms with van der Waals surface area (Å²) < 4.78 is 6.41. The molecule has 0 spiro atoms. The first-order chi connectivity index (χ1) is 12.9. The third-order valence-electron chi connectivity index (χ3n) is 3.38. The number of aryl methyl sites for hydroxylation is 1. The number of nitrogens with zero attached hydrogens (tertiary/aromatic N) is 3. The molecule has 8 nitrogen and oxygen atoms in total. The van der Waals surface area contributed by atoms with Gasteiger partial charge in [-0.05, 0) is 18.6 Å². The number of carbonyl (C=O) groups is 2. The van der Waals surface area contributed by atoms with Gasteiger partial charge in [-0.15, -0.1) is 0 Å². The number of aromatic nitrogens is 3. The molecule has 3 rings (SSSR count). The summed E-state index contributed by atoms with van der Waals surface area (Å²) in [5.74, 6) is -1.09. The zero-order valence-corrected chi connectivity index (χ0v) is 15.4. The fourth-order valence-electron chi connectivity index (χ4n) is 2.28. The van der Waals surface area contributed by atoms with Crippen LogP contribution in [-0.4, -0.2) is 26.5 Å². The number of amides is 1. The summed E-state index contributed by atoms with van der Waals surface area (Å²) in [7, 11) is 0. The molecule has 0 fully saturated rings. The predicted molar refractivity (Wildman–Crippen MR) is 99.9 cm³/mol. The Kier molecular flexibility index (Phi) is 5.41. The molecule has 1 amide bonds. The highest BCUT2D eigenvalue weighted by Gasteiger charge is 2.15. The van der Waals surface area contributed by atoms with Crippen LogP contribution in [0.15, 0.2) is 46.9 Å². The summed E-state index contributed by atoms with van der Waals surface area (Å²) in [5.41, 5.74) is 1.05. The Morgan fingerprint density at radius 3 is 2.74 bits per heavy atom. The van der Waals surface area contributed by atoms with Crippen molar-refractivity contribution in [3.8, 4) is 0 Å². The summed E-state index contributed by atoms with van der Waals surface area (Å²) >= 11 is 1.15. The zero-order valence-electron chi connectivity index (χ0n) is 14.6. The smallest absolute Gasteiger partial charge is 0.355 e. The predicted octanol–water partition coefficient (Wildman–Crippen LogP) is 1.68. The van der Waals surface area contributed by atoms with Gasteiger partial charge in [0.25, 0.3) is 5.56 Å². The van der Waals surface area contributed by atoms with Gasteiger partial charge < -0.3 is 10.1 Å². The van der Waals surface area contributed by atoms with Crippen molar-refractivity contribution in [3.63, 3.8) is 0 Å². The van der Waals surface area contributed by atoms with Gasteiger partial charge in [-0.25, -0.2) is 9.78 Å². The molecule has 0 aliphatic carbocycles. The molecule has 27 heavy (non-hydrogen) atoms. The lowest BCUT2D eigenvalue weighted by molar-refractivity contribution is -0.141. The molecule has 3 aromatic rings. The number of hydrogen-bond donors (Lipinski definition) is 1. The van der Waals surface area contributed by atoms with Crippen LogP contribution in [-0.2, 0) is 20.9 Å². The summed E-state index contributed by atoms with van der Waals surface area (Å²) in [6.45, 7) is 2.88. The van der Waals surface area contributed by atoms with Crippen LogP contribution in [0.4, 0.5) is 0 Å². The molecule has 0 saturated heterocycles. The topological polar surface area (TPSA) is 103 Å². The van der Waals surface area contributed by atoms with Crippen molar-refractivity contribution in [1.29, 1.82) is 0 Å². The number of fused-ring (bicyclic) bond motifs is 1. The van der Waals surface area contributed by atoms with E-state index in [1.807, 2.05) is 18.2 Å². The lowest BCUT2D eigenvalue weighted by Crippen LogP contribution is -2.26. The van der Waals surface area contributed by atoms with E-state index in [0.717, 1.165) is 21.4 Å². The molecule has 0 bridgehead atoms. The van der Waals surface area contributed by atoms with E-state index < -0.39 is 5.97 Å². The summed E-state index contributed by atoms with van der Waals surface area (Å²) in [5, 5.41) is 6.99. The van der Waals surface area contributed by atoms with Gasteiger partial charge in [-0.2, -0.15) is 9.61 Å². The molecular formula is C18H16N4O4S. The summed E-state index contributed by atoms with van der Waals surface area (Å²) in [4.78, 5) is 40.3. The SMILES string of the molecule is CC(=O)N/C(=C\c1ccccc1)C(=O)OCc1nn2c(=O)cc(C)nc2s1. The van der Waals surface area contributed by atoms with Crippen molar-refractivity contribution in [3.05, 3.63) is 68.7 Å². The van der Waals surface area contributed by atoms with Crippen LogP contribution in [0.5, 0.6) is 0 Å². The fraction of sp³-hybridized carbons (Fsp3) is 0.167. The fourth-order valence-corrected chi connectivity index (χ4v) is 3.13. The maximum atomic E-state index is 12.4. The number of rotatable bonds is 5. The Labute approximate surface area is 158 Å². The van der Waals surface area contributed by atoms with E-state index >= 15 is 0 Å². The Bertz CT molecular complexity index is 1090. The molecule has 0 saturated carbocycles. The molecule has 0 unspecified atom stereocenters. The zero-order chi connectivity index (χ0) is 19.4. The first-order valence-corrected chi connectivity index (χ1v) is 8.82. The van der Waals surface area contributed by atoms with E-state index in [4.69, 9.17) is 4.74 Å². The largest absolute Gasteiger partial charge is 0.454 e. The molecule has 0 aliphatic heterocycles. The lowest BCUT2D eigenvalue weighted by Gasteiger charge is -2.08. The third-order valence-corrected chi connectivity index (χ3v) is 4.26. The number of hydrogen-bond acceptors (Lipinski definition) is 7. The second-order valence-electron chi connectivity index (χ2n) is 5.65. The van der Waals surface area contributed by atoms with E-state index in [-0.39, 0.29) is 23.8 Å². The molecule has 138 valence electrons. The first kappa shape index (κ1) is 18.5. The number of esters is 1. The normalized spacial score (nSPS) is 11.4. The second-order valence-corrected chi connectivity index (χ2v) is 6.69. The van der Waals surface area contributed by atoms with Gasteiger partial charge in [0.15, 0.2) is 5.01 Å². The molecule has 0 aliphatic rings. The van der Waals surface area contributed by atoms with Gasteiger partial charge in [0.1, 0.15) is 12.3 Å². The van der Waals surface area contributed by atoms with Crippen LogP contribution < -0.4 is 10.9 Å². The highest BCUT2D eigenvalue weighted by Crippen LogP contribution is 2.14. The Balaban J connectivity index is 1.78. The number of carbonyl (C=O) groups excluding carboxylic acids is 2. The van der Waals surface area contributed by atoms with Crippen molar-refractivity contribution >= 4 is 34.3 Å². The monoisotopic (exact) mass is 384 g/mol. The van der Waals surface area contributed by atoms with Crippen molar-refractivity contribution < 1.29 is 14.3 Å². The van der Waals surface area contributed by atoms with Gasteiger partial charge >= 0.3 is 5.97 Å². The minimum Gasteiger partial charge on any atom is -0.454 e. The van der Waals surface area contributed by atoms with Crippen LogP contribution in [0, 0.1) is 6.92 Å². The number of benzene rings is 1. The first-order valence-electron chi connectivity index (χ1n) is 8.00. The molecular weight excluding hydrogens is 368 g/mol. The molecule has 1 N–H and O–H groups in total. The van der Waals surface area contributed by atoms with Crippen LogP contribution in [0.3, 0.4) is 0 Å². The van der Waals surface area contributed by atoms with E-state index in [1.54, 1.807) is 19.1 Å². The lowest BCUT2D eigenvalue weighted by atomic mass is 10.2. The average Bonchev–Trinajstić information content (AvgIpc) is 3.03. The Hall–Kier alpha value is -3.33. The average molecular weight is 384 g/mol. The van der Waals surface area contributed by atoms with Crippen LogP contribution in [0.25, 0.3) is 11.0 Å². The Morgan fingerprint density at radius 1 is 1.30 bits per heavy atom. The molecule has 0 atom stereocenters. The maximum Gasteiger partial charge on any atom is 0.355 e. The quantitative estimate of drug-likeness (QED) is 0.530. The van der Waals surface area contributed by atoms with Gasteiger partial charge in [0.05, 0.1) is 0 Å². The standard InChI is InChI=1S/C18H16N4O4S/c1-11-8-16(24)22-18(19-11)27-15(21-22)10-26-17(25)14(20-12(2)23)9-13-6-4-3-5-7-13/h3-9H,10H2,1-2H3,(H,20,23)/b14-9-. The highest BCUT2D eigenvalue weighted by molar-refractivity contribution is 7.16. The number of ether oxygens (including phenoxy) is 1. The number of nitrogens with one attached hydrogen (secondary N) is 1. The van der Waals surface area contributed by atoms with E-state index in [0.29, 0.717) is 15.7 Å². The maximum absolute atomic E-state index is 12.4. The van der Waals surface area contributed by atoms with Gasteiger partial charge in [-0.1, -0.05) is 41.7 Å². The van der Waals surface area contributed by atoms with E-state index in [9.17, 15) is 14.4 Å². The minimum atomic E-state index is -0.704. The Morgan fingerprint density at radius 2 is 2.04 bits per heavy atom. The molecule has 9 heteroatoms. The van der Waals surface area contributed by atoms with Crippen molar-refractivity contribution in [2.24, 2.45) is 0 Å². The van der Waals surface area contributed by atoms with Gasteiger partial charge in [-0.3, -0.25) is 9.59 Å².